The third-order valence-electron chi connectivity index (χ3n) is 4.03. The van der Waals surface area contributed by atoms with E-state index in [0.717, 1.165) is 38.2 Å². The summed E-state index contributed by atoms with van der Waals surface area (Å²) in [4.78, 5) is 18.4. The van der Waals surface area contributed by atoms with E-state index < -0.39 is 11.7 Å². The molecule has 0 bridgehead atoms. The number of carbonyl (C=O) groups is 1. The quantitative estimate of drug-likeness (QED) is 0.719. The van der Waals surface area contributed by atoms with Crippen molar-refractivity contribution in [2.24, 2.45) is 0 Å². The van der Waals surface area contributed by atoms with Crippen LogP contribution in [0, 0.1) is 0 Å². The van der Waals surface area contributed by atoms with Crippen molar-refractivity contribution in [3.63, 3.8) is 0 Å². The molecular formula is C18H22F3N3O2. The van der Waals surface area contributed by atoms with Crippen molar-refractivity contribution in [2.45, 2.75) is 26.4 Å². The molecule has 0 radical (unpaired) electrons. The van der Waals surface area contributed by atoms with Gasteiger partial charge in [-0.3, -0.25) is 4.79 Å². The molecule has 26 heavy (non-hydrogen) atoms. The molecule has 0 aliphatic heterocycles. The van der Waals surface area contributed by atoms with Crippen LogP contribution in [-0.2, 0) is 6.18 Å². The summed E-state index contributed by atoms with van der Waals surface area (Å²) in [6, 6.07) is 4.43. The second-order valence-corrected chi connectivity index (χ2v) is 5.75. The third-order valence-corrected chi connectivity index (χ3v) is 4.03. The number of halogens is 3. The van der Waals surface area contributed by atoms with Gasteiger partial charge in [0.25, 0.3) is 5.91 Å². The summed E-state index contributed by atoms with van der Waals surface area (Å²) in [5.74, 6) is -0.265. The normalized spacial score (nSPS) is 11.8. The molecule has 0 aliphatic rings. The van der Waals surface area contributed by atoms with E-state index in [-0.39, 0.29) is 17.5 Å². The molecule has 0 aliphatic carbocycles. The number of benzene rings is 1. The summed E-state index contributed by atoms with van der Waals surface area (Å²) >= 11 is 0. The van der Waals surface area contributed by atoms with Crippen LogP contribution >= 0.6 is 0 Å². The molecule has 0 fully saturated rings. The smallest absolute Gasteiger partial charge is 0.416 e. The van der Waals surface area contributed by atoms with Crippen molar-refractivity contribution in [3.05, 3.63) is 41.8 Å². The lowest BCUT2D eigenvalue weighted by atomic mass is 10.1. The lowest BCUT2D eigenvalue weighted by Gasteiger charge is -2.17. The van der Waals surface area contributed by atoms with Crippen LogP contribution in [0.15, 0.2) is 34.9 Å². The van der Waals surface area contributed by atoms with Crippen molar-refractivity contribution in [2.75, 3.05) is 26.2 Å². The molecule has 1 N–H and O–H groups in total. The number of hydrogen-bond acceptors (Lipinski definition) is 4. The largest absolute Gasteiger partial charge is 0.444 e. The molecule has 1 heterocycles. The second kappa shape index (κ2) is 8.84. The molecule has 1 aromatic carbocycles. The van der Waals surface area contributed by atoms with Crippen molar-refractivity contribution < 1.29 is 22.4 Å². The standard InChI is InChI=1S/C18H22F3N3O2/c1-3-24(4-2)11-5-10-22-16(25)15-12-26-17(23-15)13-6-8-14(9-7-13)18(19,20)21/h6-9,12H,3-5,10-11H2,1-2H3,(H,22,25). The van der Waals surface area contributed by atoms with Gasteiger partial charge in [0.15, 0.2) is 5.69 Å². The van der Waals surface area contributed by atoms with Gasteiger partial charge in [-0.1, -0.05) is 13.8 Å². The van der Waals surface area contributed by atoms with E-state index >= 15 is 0 Å². The number of aromatic nitrogens is 1. The van der Waals surface area contributed by atoms with Crippen molar-refractivity contribution in [1.82, 2.24) is 15.2 Å². The Kier molecular flexibility index (Phi) is 6.79. The third kappa shape index (κ3) is 5.32. The van der Waals surface area contributed by atoms with Crippen LogP contribution in [0.4, 0.5) is 13.2 Å². The molecule has 2 rings (SSSR count). The van der Waals surface area contributed by atoms with Crippen LogP contribution in [0.2, 0.25) is 0 Å². The van der Waals surface area contributed by atoms with Crippen molar-refractivity contribution in [3.8, 4) is 11.5 Å². The first kappa shape index (κ1) is 20.0. The molecule has 0 saturated heterocycles. The molecule has 0 unspecified atom stereocenters. The highest BCUT2D eigenvalue weighted by molar-refractivity contribution is 5.92. The van der Waals surface area contributed by atoms with Gasteiger partial charge in [-0.05, 0) is 50.3 Å². The molecule has 142 valence electrons. The molecular weight excluding hydrogens is 347 g/mol. The molecule has 0 spiro atoms. The fraction of sp³-hybridized carbons (Fsp3) is 0.444. The van der Waals surface area contributed by atoms with Gasteiger partial charge in [-0.15, -0.1) is 0 Å². The van der Waals surface area contributed by atoms with Crippen molar-refractivity contribution >= 4 is 5.91 Å². The fourth-order valence-corrected chi connectivity index (χ4v) is 2.45. The van der Waals surface area contributed by atoms with Crippen LogP contribution in [0.5, 0.6) is 0 Å². The number of nitrogens with one attached hydrogen (secondary N) is 1. The Labute approximate surface area is 150 Å². The van der Waals surface area contributed by atoms with Crippen LogP contribution in [0.3, 0.4) is 0 Å². The predicted molar refractivity (Wildman–Crippen MR) is 91.7 cm³/mol. The minimum Gasteiger partial charge on any atom is -0.444 e. The Balaban J connectivity index is 1.91. The maximum absolute atomic E-state index is 12.6. The van der Waals surface area contributed by atoms with E-state index in [1.54, 1.807) is 0 Å². The summed E-state index contributed by atoms with van der Waals surface area (Å²) in [5, 5.41) is 2.76. The lowest BCUT2D eigenvalue weighted by Crippen LogP contribution is -2.30. The Morgan fingerprint density at radius 1 is 1.19 bits per heavy atom. The number of rotatable bonds is 8. The Morgan fingerprint density at radius 2 is 1.85 bits per heavy atom. The van der Waals surface area contributed by atoms with Crippen LogP contribution in [0.1, 0.15) is 36.3 Å². The van der Waals surface area contributed by atoms with Gasteiger partial charge in [0.1, 0.15) is 6.26 Å². The average molecular weight is 369 g/mol. The summed E-state index contributed by atoms with van der Waals surface area (Å²) in [7, 11) is 0. The molecule has 5 nitrogen and oxygen atoms in total. The Bertz CT molecular complexity index is 707. The molecule has 1 aromatic heterocycles. The van der Waals surface area contributed by atoms with E-state index in [0.29, 0.717) is 12.1 Å². The number of alkyl halides is 3. The zero-order valence-electron chi connectivity index (χ0n) is 14.8. The summed E-state index contributed by atoms with van der Waals surface area (Å²) in [6.45, 7) is 7.50. The van der Waals surface area contributed by atoms with Gasteiger partial charge < -0.3 is 14.6 Å². The minimum absolute atomic E-state index is 0.0998. The molecule has 2 aromatic rings. The first-order valence-corrected chi connectivity index (χ1v) is 8.48. The SMILES string of the molecule is CCN(CC)CCCNC(=O)c1coc(-c2ccc(C(F)(F)F)cc2)n1. The summed E-state index contributed by atoms with van der Waals surface area (Å²) in [5.41, 5.74) is -0.278. The van der Waals surface area contributed by atoms with Crippen LogP contribution in [0.25, 0.3) is 11.5 Å². The first-order chi connectivity index (χ1) is 12.3. The van der Waals surface area contributed by atoms with E-state index in [9.17, 15) is 18.0 Å². The van der Waals surface area contributed by atoms with E-state index in [2.05, 4.69) is 29.0 Å². The summed E-state index contributed by atoms with van der Waals surface area (Å²) < 4.78 is 43.0. The number of amides is 1. The van der Waals surface area contributed by atoms with Crippen LogP contribution < -0.4 is 5.32 Å². The zero-order chi connectivity index (χ0) is 19.2. The van der Waals surface area contributed by atoms with Gasteiger partial charge in [0.05, 0.1) is 5.56 Å². The van der Waals surface area contributed by atoms with E-state index in [1.165, 1.54) is 18.4 Å². The average Bonchev–Trinajstić information content (AvgIpc) is 3.11. The van der Waals surface area contributed by atoms with Gasteiger partial charge in [0.2, 0.25) is 5.89 Å². The van der Waals surface area contributed by atoms with Crippen LogP contribution in [-0.4, -0.2) is 42.0 Å². The minimum atomic E-state index is -4.40. The summed E-state index contributed by atoms with van der Waals surface area (Å²) in [6.07, 6.45) is -2.38. The molecule has 0 atom stereocenters. The Hall–Kier alpha value is -2.35. The maximum Gasteiger partial charge on any atom is 0.416 e. The highest BCUT2D eigenvalue weighted by Crippen LogP contribution is 2.30. The maximum atomic E-state index is 12.6. The van der Waals surface area contributed by atoms with E-state index in [4.69, 9.17) is 4.42 Å². The molecule has 1 amide bonds. The zero-order valence-corrected chi connectivity index (χ0v) is 14.8. The van der Waals surface area contributed by atoms with Crippen molar-refractivity contribution in [1.29, 1.82) is 0 Å². The lowest BCUT2D eigenvalue weighted by molar-refractivity contribution is -0.137. The predicted octanol–water partition coefficient (Wildman–Crippen LogP) is 3.82. The van der Waals surface area contributed by atoms with Gasteiger partial charge in [-0.2, -0.15) is 13.2 Å². The Morgan fingerprint density at radius 3 is 2.42 bits per heavy atom. The van der Waals surface area contributed by atoms with Gasteiger partial charge >= 0.3 is 6.18 Å². The highest BCUT2D eigenvalue weighted by atomic mass is 19.4. The fourth-order valence-electron chi connectivity index (χ4n) is 2.45. The number of carbonyl (C=O) groups excluding carboxylic acids is 1. The highest BCUT2D eigenvalue weighted by Gasteiger charge is 2.30. The number of nitrogens with zero attached hydrogens (tertiary/aromatic N) is 2. The number of hydrogen-bond donors (Lipinski definition) is 1. The first-order valence-electron chi connectivity index (χ1n) is 8.48. The molecule has 0 saturated carbocycles. The van der Waals surface area contributed by atoms with E-state index in [1.807, 2.05) is 0 Å². The monoisotopic (exact) mass is 369 g/mol. The molecule has 8 heteroatoms. The second-order valence-electron chi connectivity index (χ2n) is 5.75. The van der Waals surface area contributed by atoms with Gasteiger partial charge in [-0.25, -0.2) is 4.98 Å². The van der Waals surface area contributed by atoms with Gasteiger partial charge in [0, 0.05) is 12.1 Å². The topological polar surface area (TPSA) is 58.4 Å². The number of oxazole rings is 1.